The molecule has 0 amide bonds. The Morgan fingerprint density at radius 2 is 2.16 bits per heavy atom. The van der Waals surface area contributed by atoms with Crippen molar-refractivity contribution in [2.45, 2.75) is 26.7 Å². The molecular weight excluding hydrogens is 248 g/mol. The molecule has 0 fully saturated rings. The number of hydrogen-bond acceptors (Lipinski definition) is 4. The summed E-state index contributed by atoms with van der Waals surface area (Å²) in [6, 6.07) is 4.83. The first-order valence-electron chi connectivity index (χ1n) is 6.10. The van der Waals surface area contributed by atoms with Crippen LogP contribution in [-0.2, 0) is 4.79 Å². The van der Waals surface area contributed by atoms with E-state index in [9.17, 15) is 14.9 Å². The van der Waals surface area contributed by atoms with E-state index in [-0.39, 0.29) is 18.0 Å². The van der Waals surface area contributed by atoms with Crippen LogP contribution in [0.4, 0.5) is 11.4 Å². The summed E-state index contributed by atoms with van der Waals surface area (Å²) in [6.45, 7) is 4.33. The SMILES string of the molecule is Cc1cc(NCC(C)CCC(=O)O)cc([N+](=O)[O-])c1. The number of benzene rings is 1. The van der Waals surface area contributed by atoms with Gasteiger partial charge in [0.25, 0.3) is 5.69 Å². The topological polar surface area (TPSA) is 92.5 Å². The molecule has 1 rings (SSSR count). The molecule has 0 aliphatic heterocycles. The number of rotatable bonds is 7. The van der Waals surface area contributed by atoms with Crippen LogP contribution in [0, 0.1) is 23.0 Å². The fourth-order valence-corrected chi connectivity index (χ4v) is 1.73. The molecule has 6 heteroatoms. The Morgan fingerprint density at radius 1 is 1.47 bits per heavy atom. The zero-order valence-electron chi connectivity index (χ0n) is 11.0. The lowest BCUT2D eigenvalue weighted by Gasteiger charge is -2.13. The molecule has 0 heterocycles. The first kappa shape index (κ1) is 14.9. The second-order valence-corrected chi connectivity index (χ2v) is 4.73. The number of carboxylic acids is 1. The third kappa shape index (κ3) is 5.37. The van der Waals surface area contributed by atoms with Crippen LogP contribution >= 0.6 is 0 Å². The maximum atomic E-state index is 10.7. The van der Waals surface area contributed by atoms with Gasteiger partial charge in [0.2, 0.25) is 0 Å². The predicted molar refractivity (Wildman–Crippen MR) is 72.4 cm³/mol. The van der Waals surface area contributed by atoms with E-state index in [0.717, 1.165) is 5.56 Å². The van der Waals surface area contributed by atoms with Crippen LogP contribution in [0.5, 0.6) is 0 Å². The summed E-state index contributed by atoms with van der Waals surface area (Å²) >= 11 is 0. The Labute approximate surface area is 111 Å². The van der Waals surface area contributed by atoms with Gasteiger partial charge in [-0.3, -0.25) is 14.9 Å². The molecule has 0 bridgehead atoms. The summed E-state index contributed by atoms with van der Waals surface area (Å²) in [6.07, 6.45) is 0.715. The number of nitrogens with one attached hydrogen (secondary N) is 1. The quantitative estimate of drug-likeness (QED) is 0.584. The van der Waals surface area contributed by atoms with Gasteiger partial charge in [0, 0.05) is 30.8 Å². The van der Waals surface area contributed by atoms with Crippen molar-refractivity contribution in [3.8, 4) is 0 Å². The highest BCUT2D eigenvalue weighted by Crippen LogP contribution is 2.21. The Bertz CT molecular complexity index is 474. The molecule has 1 atom stereocenters. The maximum Gasteiger partial charge on any atom is 0.303 e. The molecule has 0 saturated carbocycles. The lowest BCUT2D eigenvalue weighted by Crippen LogP contribution is -2.13. The summed E-state index contributed by atoms with van der Waals surface area (Å²) in [5, 5.41) is 22.4. The number of carbonyl (C=O) groups is 1. The molecule has 0 aliphatic rings. The van der Waals surface area contributed by atoms with Gasteiger partial charge in [0.1, 0.15) is 0 Å². The molecule has 0 radical (unpaired) electrons. The Balaban J connectivity index is 2.57. The smallest absolute Gasteiger partial charge is 0.303 e. The van der Waals surface area contributed by atoms with E-state index in [2.05, 4.69) is 5.32 Å². The summed E-state index contributed by atoms with van der Waals surface area (Å²) in [5.41, 5.74) is 1.56. The number of nitro benzene ring substituents is 1. The second kappa shape index (κ2) is 6.72. The van der Waals surface area contributed by atoms with Crippen LogP contribution in [0.2, 0.25) is 0 Å². The summed E-state index contributed by atoms with van der Waals surface area (Å²) < 4.78 is 0. The van der Waals surface area contributed by atoms with Gasteiger partial charge in [-0.15, -0.1) is 0 Å². The normalized spacial score (nSPS) is 11.9. The fourth-order valence-electron chi connectivity index (χ4n) is 1.73. The van der Waals surface area contributed by atoms with Crippen molar-refractivity contribution in [3.05, 3.63) is 33.9 Å². The average Bonchev–Trinajstić information content (AvgIpc) is 2.33. The van der Waals surface area contributed by atoms with E-state index >= 15 is 0 Å². The van der Waals surface area contributed by atoms with Gasteiger partial charge < -0.3 is 10.4 Å². The van der Waals surface area contributed by atoms with Crippen LogP contribution in [0.1, 0.15) is 25.3 Å². The molecule has 0 saturated heterocycles. The highest BCUT2D eigenvalue weighted by Gasteiger charge is 2.09. The Hall–Kier alpha value is -2.11. The molecule has 1 aromatic rings. The van der Waals surface area contributed by atoms with Crippen molar-refractivity contribution in [2.75, 3.05) is 11.9 Å². The van der Waals surface area contributed by atoms with Gasteiger partial charge in [0.15, 0.2) is 0 Å². The minimum Gasteiger partial charge on any atom is -0.481 e. The number of hydrogen-bond donors (Lipinski definition) is 2. The molecule has 1 aromatic carbocycles. The average molecular weight is 266 g/mol. The van der Waals surface area contributed by atoms with E-state index in [1.165, 1.54) is 12.1 Å². The summed E-state index contributed by atoms with van der Waals surface area (Å²) in [5.74, 6) is -0.617. The number of carboxylic acid groups (broad SMARTS) is 1. The maximum absolute atomic E-state index is 10.7. The van der Waals surface area contributed by atoms with Gasteiger partial charge in [0.05, 0.1) is 4.92 Å². The Morgan fingerprint density at radius 3 is 2.74 bits per heavy atom. The molecular formula is C13H18N2O4. The standard InChI is InChI=1S/C13H18N2O4/c1-9(3-4-13(16)17)8-14-11-5-10(2)6-12(7-11)15(18)19/h5-7,9,14H,3-4,8H2,1-2H3,(H,16,17). The van der Waals surface area contributed by atoms with Crippen LogP contribution in [0.3, 0.4) is 0 Å². The molecule has 6 nitrogen and oxygen atoms in total. The van der Waals surface area contributed by atoms with Crippen LogP contribution in [-0.4, -0.2) is 22.5 Å². The van der Waals surface area contributed by atoms with Crippen molar-refractivity contribution in [1.29, 1.82) is 0 Å². The molecule has 0 aliphatic carbocycles. The lowest BCUT2D eigenvalue weighted by molar-refractivity contribution is -0.384. The highest BCUT2D eigenvalue weighted by atomic mass is 16.6. The van der Waals surface area contributed by atoms with Crippen molar-refractivity contribution in [2.24, 2.45) is 5.92 Å². The highest BCUT2D eigenvalue weighted by molar-refractivity contribution is 5.66. The van der Waals surface area contributed by atoms with Crippen molar-refractivity contribution in [3.63, 3.8) is 0 Å². The fraction of sp³-hybridized carbons (Fsp3) is 0.462. The van der Waals surface area contributed by atoms with Crippen LogP contribution in [0.15, 0.2) is 18.2 Å². The van der Waals surface area contributed by atoms with Crippen LogP contribution in [0.25, 0.3) is 0 Å². The Kier molecular flexibility index (Phi) is 5.29. The molecule has 104 valence electrons. The predicted octanol–water partition coefficient (Wildman–Crippen LogP) is 2.82. The summed E-state index contributed by atoms with van der Waals surface area (Å²) in [7, 11) is 0. The van der Waals surface area contributed by atoms with Crippen molar-refractivity contribution in [1.82, 2.24) is 0 Å². The van der Waals surface area contributed by atoms with Gasteiger partial charge in [-0.1, -0.05) is 6.92 Å². The van der Waals surface area contributed by atoms with E-state index in [1.807, 2.05) is 13.0 Å². The first-order valence-corrected chi connectivity index (χ1v) is 6.10. The van der Waals surface area contributed by atoms with E-state index in [4.69, 9.17) is 5.11 Å². The molecule has 19 heavy (non-hydrogen) atoms. The largest absolute Gasteiger partial charge is 0.481 e. The van der Waals surface area contributed by atoms with Crippen molar-refractivity contribution < 1.29 is 14.8 Å². The molecule has 2 N–H and O–H groups in total. The number of nitro groups is 1. The van der Waals surface area contributed by atoms with E-state index < -0.39 is 10.9 Å². The third-order valence-electron chi connectivity index (χ3n) is 2.78. The number of anilines is 1. The first-order chi connectivity index (χ1) is 8.88. The second-order valence-electron chi connectivity index (χ2n) is 4.73. The van der Waals surface area contributed by atoms with Gasteiger partial charge >= 0.3 is 5.97 Å². The number of aliphatic carboxylic acids is 1. The zero-order chi connectivity index (χ0) is 14.4. The molecule has 0 aromatic heterocycles. The van der Waals surface area contributed by atoms with Gasteiger partial charge in [-0.25, -0.2) is 0 Å². The number of non-ortho nitro benzene ring substituents is 1. The van der Waals surface area contributed by atoms with Crippen molar-refractivity contribution >= 4 is 17.3 Å². The minimum absolute atomic E-state index is 0.0562. The minimum atomic E-state index is -0.807. The van der Waals surface area contributed by atoms with Gasteiger partial charge in [-0.05, 0) is 30.9 Å². The number of aryl methyl sites for hydroxylation is 1. The molecule has 1 unspecified atom stereocenters. The monoisotopic (exact) mass is 266 g/mol. The van der Waals surface area contributed by atoms with Gasteiger partial charge in [-0.2, -0.15) is 0 Å². The van der Waals surface area contributed by atoms with Crippen LogP contribution < -0.4 is 5.32 Å². The van der Waals surface area contributed by atoms with E-state index in [0.29, 0.717) is 18.7 Å². The summed E-state index contributed by atoms with van der Waals surface area (Å²) in [4.78, 5) is 20.8. The third-order valence-corrected chi connectivity index (χ3v) is 2.78. The zero-order valence-corrected chi connectivity index (χ0v) is 11.0. The molecule has 0 spiro atoms. The lowest BCUT2D eigenvalue weighted by atomic mass is 10.1. The number of nitrogens with zero attached hydrogens (tertiary/aromatic N) is 1. The van der Waals surface area contributed by atoms with E-state index in [1.54, 1.807) is 6.92 Å².